The van der Waals surface area contributed by atoms with E-state index in [9.17, 15) is 14.9 Å². The number of hydrogen-bond donors (Lipinski definition) is 0. The Morgan fingerprint density at radius 1 is 1.19 bits per heavy atom. The lowest BCUT2D eigenvalue weighted by atomic mass is 10.1. The Morgan fingerprint density at radius 2 is 1.90 bits per heavy atom. The monoisotopic (exact) mass is 278 g/mol. The molecule has 0 radical (unpaired) electrons. The van der Waals surface area contributed by atoms with Crippen molar-refractivity contribution in [2.24, 2.45) is 0 Å². The van der Waals surface area contributed by atoms with Gasteiger partial charge in [0.25, 0.3) is 5.69 Å². The molecule has 2 rings (SSSR count). The van der Waals surface area contributed by atoms with Crippen molar-refractivity contribution in [3.05, 3.63) is 81.4 Å². The highest BCUT2D eigenvalue weighted by Gasteiger charge is 2.04. The number of carbonyl (C=O) groups is 1. The fourth-order valence-corrected chi connectivity index (χ4v) is 1.72. The van der Waals surface area contributed by atoms with E-state index in [1.165, 1.54) is 24.3 Å². The zero-order chi connectivity index (χ0) is 15.2. The molecule has 0 spiro atoms. The molecule has 0 heterocycles. The molecular formula is C16H10N2O3. The van der Waals surface area contributed by atoms with Gasteiger partial charge in [0.2, 0.25) is 0 Å². The fourth-order valence-electron chi connectivity index (χ4n) is 1.72. The molecule has 0 aliphatic heterocycles. The summed E-state index contributed by atoms with van der Waals surface area (Å²) < 4.78 is 0. The highest BCUT2D eigenvalue weighted by Crippen LogP contribution is 2.13. The Balaban J connectivity index is 2.15. The van der Waals surface area contributed by atoms with Gasteiger partial charge >= 0.3 is 0 Å². The number of allylic oxidation sites excluding steroid dienone is 1. The quantitative estimate of drug-likeness (QED) is 0.371. The summed E-state index contributed by atoms with van der Waals surface area (Å²) in [5, 5.41) is 19.3. The Kier molecular flexibility index (Phi) is 4.22. The van der Waals surface area contributed by atoms with Crippen molar-refractivity contribution in [2.45, 2.75) is 0 Å². The van der Waals surface area contributed by atoms with Gasteiger partial charge in [0.15, 0.2) is 5.78 Å². The molecule has 0 fully saturated rings. The van der Waals surface area contributed by atoms with E-state index in [2.05, 4.69) is 0 Å². The molecule has 0 N–H and O–H groups in total. The second-order valence-corrected chi connectivity index (χ2v) is 4.24. The van der Waals surface area contributed by atoms with Gasteiger partial charge in [0, 0.05) is 17.7 Å². The molecule has 0 saturated carbocycles. The first-order valence-corrected chi connectivity index (χ1v) is 6.07. The molecule has 5 heteroatoms. The maximum absolute atomic E-state index is 12.0. The molecule has 0 atom stereocenters. The second kappa shape index (κ2) is 6.26. The summed E-state index contributed by atoms with van der Waals surface area (Å²) in [6, 6.07) is 14.3. The van der Waals surface area contributed by atoms with E-state index >= 15 is 0 Å². The van der Waals surface area contributed by atoms with Gasteiger partial charge < -0.3 is 0 Å². The number of ketones is 1. The van der Waals surface area contributed by atoms with Crippen LogP contribution in [-0.4, -0.2) is 10.7 Å². The van der Waals surface area contributed by atoms with Crippen LogP contribution in [0, 0.1) is 21.4 Å². The number of carbonyl (C=O) groups excluding carboxylic acids is 1. The van der Waals surface area contributed by atoms with Gasteiger partial charge in [-0.1, -0.05) is 18.2 Å². The van der Waals surface area contributed by atoms with Crippen molar-refractivity contribution < 1.29 is 9.72 Å². The smallest absolute Gasteiger partial charge is 0.269 e. The first kappa shape index (κ1) is 14.2. The van der Waals surface area contributed by atoms with Gasteiger partial charge in [-0.15, -0.1) is 0 Å². The van der Waals surface area contributed by atoms with Gasteiger partial charge in [-0.2, -0.15) is 5.26 Å². The Morgan fingerprint density at radius 3 is 2.52 bits per heavy atom. The van der Waals surface area contributed by atoms with Crippen LogP contribution in [0.15, 0.2) is 54.6 Å². The van der Waals surface area contributed by atoms with Crippen LogP contribution in [-0.2, 0) is 0 Å². The maximum atomic E-state index is 12.0. The van der Waals surface area contributed by atoms with Crippen LogP contribution in [0.5, 0.6) is 0 Å². The van der Waals surface area contributed by atoms with Crippen LogP contribution in [0.1, 0.15) is 21.5 Å². The Labute approximate surface area is 120 Å². The van der Waals surface area contributed by atoms with Crippen LogP contribution >= 0.6 is 0 Å². The summed E-state index contributed by atoms with van der Waals surface area (Å²) in [4.78, 5) is 22.0. The van der Waals surface area contributed by atoms with Crippen LogP contribution in [0.2, 0.25) is 0 Å². The molecule has 0 saturated heterocycles. The molecule has 0 aliphatic rings. The zero-order valence-electron chi connectivity index (χ0n) is 10.9. The molecule has 2 aromatic rings. The summed E-state index contributed by atoms with van der Waals surface area (Å²) in [6.07, 6.45) is 2.95. The lowest BCUT2D eigenvalue weighted by Gasteiger charge is -1.97. The van der Waals surface area contributed by atoms with Crippen molar-refractivity contribution in [3.8, 4) is 6.07 Å². The summed E-state index contributed by atoms with van der Waals surface area (Å²) in [7, 11) is 0. The van der Waals surface area contributed by atoms with E-state index in [1.54, 1.807) is 36.4 Å². The average molecular weight is 278 g/mol. The predicted molar refractivity (Wildman–Crippen MR) is 77.6 cm³/mol. The molecule has 102 valence electrons. The third kappa shape index (κ3) is 3.61. The lowest BCUT2D eigenvalue weighted by Crippen LogP contribution is -1.94. The van der Waals surface area contributed by atoms with E-state index < -0.39 is 4.92 Å². The normalized spacial score (nSPS) is 10.2. The molecule has 5 nitrogen and oxygen atoms in total. The SMILES string of the molecule is N#Cc1cccc(C(=O)C=Cc2ccc([N+](=O)[O-])cc2)c1. The summed E-state index contributed by atoms with van der Waals surface area (Å²) in [5.74, 6) is -0.231. The molecule has 0 aromatic heterocycles. The molecule has 0 unspecified atom stereocenters. The second-order valence-electron chi connectivity index (χ2n) is 4.24. The van der Waals surface area contributed by atoms with Gasteiger partial charge in [0.1, 0.15) is 0 Å². The topological polar surface area (TPSA) is 84.0 Å². The van der Waals surface area contributed by atoms with E-state index in [0.717, 1.165) is 0 Å². The van der Waals surface area contributed by atoms with Crippen molar-refractivity contribution >= 4 is 17.5 Å². The standard InChI is InChI=1S/C16H10N2O3/c17-11-13-2-1-3-14(10-13)16(19)9-6-12-4-7-15(8-5-12)18(20)21/h1-10H. The van der Waals surface area contributed by atoms with Crippen molar-refractivity contribution in [1.29, 1.82) is 5.26 Å². The van der Waals surface area contributed by atoms with Crippen molar-refractivity contribution in [1.82, 2.24) is 0 Å². The number of nitro groups is 1. The number of non-ortho nitro benzene ring substituents is 1. The predicted octanol–water partition coefficient (Wildman–Crippen LogP) is 3.36. The van der Waals surface area contributed by atoms with Crippen LogP contribution in [0.3, 0.4) is 0 Å². The van der Waals surface area contributed by atoms with Crippen LogP contribution in [0.4, 0.5) is 5.69 Å². The molecule has 0 aliphatic carbocycles. The van der Waals surface area contributed by atoms with Gasteiger partial charge in [-0.3, -0.25) is 14.9 Å². The number of benzene rings is 2. The Hall–Kier alpha value is -3.26. The minimum Gasteiger partial charge on any atom is -0.289 e. The minimum atomic E-state index is -0.480. The van der Waals surface area contributed by atoms with Crippen molar-refractivity contribution in [2.75, 3.05) is 0 Å². The number of nitriles is 1. The zero-order valence-corrected chi connectivity index (χ0v) is 10.9. The Bertz CT molecular complexity index is 756. The fraction of sp³-hybridized carbons (Fsp3) is 0. The molecule has 0 bridgehead atoms. The molecule has 0 amide bonds. The van der Waals surface area contributed by atoms with Crippen LogP contribution < -0.4 is 0 Å². The first-order chi connectivity index (χ1) is 10.1. The molecular weight excluding hydrogens is 268 g/mol. The maximum Gasteiger partial charge on any atom is 0.269 e. The average Bonchev–Trinajstić information content (AvgIpc) is 2.53. The lowest BCUT2D eigenvalue weighted by molar-refractivity contribution is -0.384. The third-order valence-corrected chi connectivity index (χ3v) is 2.81. The summed E-state index contributed by atoms with van der Waals surface area (Å²) >= 11 is 0. The number of nitrogens with zero attached hydrogens (tertiary/aromatic N) is 2. The largest absolute Gasteiger partial charge is 0.289 e. The number of hydrogen-bond acceptors (Lipinski definition) is 4. The van der Waals surface area contributed by atoms with E-state index in [4.69, 9.17) is 5.26 Å². The van der Waals surface area contributed by atoms with E-state index in [0.29, 0.717) is 16.7 Å². The highest BCUT2D eigenvalue weighted by molar-refractivity contribution is 6.07. The summed E-state index contributed by atoms with van der Waals surface area (Å²) in [5.41, 5.74) is 1.53. The van der Waals surface area contributed by atoms with Crippen molar-refractivity contribution in [3.63, 3.8) is 0 Å². The van der Waals surface area contributed by atoms with Crippen LogP contribution in [0.25, 0.3) is 6.08 Å². The molecule has 21 heavy (non-hydrogen) atoms. The molecule has 2 aromatic carbocycles. The first-order valence-electron chi connectivity index (χ1n) is 6.07. The minimum absolute atomic E-state index is 0.000183. The van der Waals surface area contributed by atoms with Gasteiger partial charge in [0.05, 0.1) is 16.6 Å². The van der Waals surface area contributed by atoms with E-state index in [1.807, 2.05) is 6.07 Å². The van der Waals surface area contributed by atoms with Gasteiger partial charge in [-0.25, -0.2) is 0 Å². The highest BCUT2D eigenvalue weighted by atomic mass is 16.6. The number of rotatable bonds is 4. The van der Waals surface area contributed by atoms with E-state index in [-0.39, 0.29) is 11.5 Å². The summed E-state index contributed by atoms with van der Waals surface area (Å²) in [6.45, 7) is 0. The number of nitro benzene ring substituents is 1. The third-order valence-electron chi connectivity index (χ3n) is 2.81. The van der Waals surface area contributed by atoms with Gasteiger partial charge in [-0.05, 0) is 35.9 Å².